The number of quaternary nitrogens is 1. The molecule has 10 heteroatoms. The van der Waals surface area contributed by atoms with Gasteiger partial charge in [-0.3, -0.25) is 9.59 Å². The molecule has 174 valence electrons. The monoisotopic (exact) mass is 462 g/mol. The van der Waals surface area contributed by atoms with Crippen LogP contribution in [-0.4, -0.2) is 66.5 Å². The van der Waals surface area contributed by atoms with Crippen molar-refractivity contribution in [1.82, 2.24) is 20.6 Å². The van der Waals surface area contributed by atoms with E-state index in [1.807, 2.05) is 30.3 Å². The average Bonchev–Trinajstić information content (AvgIpc) is 2.73. The Bertz CT molecular complexity index is 907. The molecule has 1 heterocycles. The molecule has 0 fully saturated rings. The van der Waals surface area contributed by atoms with Crippen LogP contribution < -0.4 is 22.1 Å². The smallest absolute Gasteiger partial charge is 0.273 e. The fourth-order valence-corrected chi connectivity index (χ4v) is 3.32. The van der Waals surface area contributed by atoms with Gasteiger partial charge in [-0.25, -0.2) is 9.97 Å². The Hall–Kier alpha value is -2.91. The summed E-state index contributed by atoms with van der Waals surface area (Å²) in [7, 11) is 4.23. The summed E-state index contributed by atoms with van der Waals surface area (Å²) < 4.78 is 0.754. The van der Waals surface area contributed by atoms with E-state index in [2.05, 4.69) is 34.7 Å². The zero-order chi connectivity index (χ0) is 23.6. The quantitative estimate of drug-likeness (QED) is 0.279. The van der Waals surface area contributed by atoms with E-state index in [4.69, 9.17) is 23.1 Å². The molecule has 0 aliphatic heterocycles. The molecular weight excluding hydrogens is 430 g/mol. The van der Waals surface area contributed by atoms with Gasteiger partial charge in [0.15, 0.2) is 22.5 Å². The SMILES string of the molecule is C[N+](C)(CCCCCNC(=O)Cc1ccccc1)CCNC(=O)c1nc(Cl)c(N)nc1N. The van der Waals surface area contributed by atoms with Crippen LogP contribution in [0.25, 0.3) is 0 Å². The Morgan fingerprint density at radius 2 is 1.66 bits per heavy atom. The van der Waals surface area contributed by atoms with Gasteiger partial charge in [-0.1, -0.05) is 41.9 Å². The van der Waals surface area contributed by atoms with E-state index in [-0.39, 0.29) is 28.4 Å². The molecule has 6 N–H and O–H groups in total. The number of unbranched alkanes of at least 4 members (excludes halogenated alkanes) is 2. The number of nitrogens with two attached hydrogens (primary N) is 2. The van der Waals surface area contributed by atoms with Gasteiger partial charge in [0, 0.05) is 6.54 Å². The zero-order valence-corrected chi connectivity index (χ0v) is 19.5. The third-order valence-corrected chi connectivity index (χ3v) is 5.37. The van der Waals surface area contributed by atoms with Crippen molar-refractivity contribution >= 4 is 35.1 Å². The summed E-state index contributed by atoms with van der Waals surface area (Å²) in [5.74, 6) is -0.429. The van der Waals surface area contributed by atoms with E-state index in [0.717, 1.165) is 42.4 Å². The van der Waals surface area contributed by atoms with Crippen molar-refractivity contribution in [2.45, 2.75) is 25.7 Å². The molecule has 0 saturated carbocycles. The Morgan fingerprint density at radius 1 is 0.938 bits per heavy atom. The molecule has 0 atom stereocenters. The van der Waals surface area contributed by atoms with Crippen LogP contribution in [0.2, 0.25) is 5.15 Å². The first-order valence-electron chi connectivity index (χ1n) is 10.7. The highest BCUT2D eigenvalue weighted by molar-refractivity contribution is 6.31. The van der Waals surface area contributed by atoms with Crippen LogP contribution in [0.3, 0.4) is 0 Å². The van der Waals surface area contributed by atoms with Crippen LogP contribution in [0.1, 0.15) is 35.3 Å². The number of anilines is 2. The molecule has 0 spiro atoms. The summed E-state index contributed by atoms with van der Waals surface area (Å²) >= 11 is 5.82. The van der Waals surface area contributed by atoms with Crippen molar-refractivity contribution in [3.63, 3.8) is 0 Å². The van der Waals surface area contributed by atoms with Gasteiger partial charge in [-0.15, -0.1) is 0 Å². The first-order valence-corrected chi connectivity index (χ1v) is 11.0. The van der Waals surface area contributed by atoms with E-state index >= 15 is 0 Å². The Kier molecular flexibility index (Phi) is 9.67. The number of aromatic nitrogens is 2. The molecule has 1 aromatic carbocycles. The number of amides is 2. The van der Waals surface area contributed by atoms with Crippen LogP contribution in [-0.2, 0) is 11.2 Å². The van der Waals surface area contributed by atoms with Crippen molar-refractivity contribution in [2.75, 3.05) is 51.7 Å². The molecule has 2 amide bonds. The van der Waals surface area contributed by atoms with Gasteiger partial charge in [0.2, 0.25) is 5.91 Å². The molecule has 0 bridgehead atoms. The minimum atomic E-state index is -0.428. The molecule has 32 heavy (non-hydrogen) atoms. The van der Waals surface area contributed by atoms with Crippen LogP contribution in [0.15, 0.2) is 30.3 Å². The number of likely N-dealkylation sites (N-methyl/N-ethyl adjacent to an activating group) is 1. The molecule has 0 aliphatic carbocycles. The Labute approximate surface area is 194 Å². The highest BCUT2D eigenvalue weighted by Crippen LogP contribution is 2.17. The van der Waals surface area contributed by atoms with Crippen molar-refractivity contribution in [2.24, 2.45) is 0 Å². The minimum Gasteiger partial charge on any atom is -0.382 e. The van der Waals surface area contributed by atoms with Gasteiger partial charge in [0.05, 0.1) is 40.2 Å². The molecule has 0 aliphatic rings. The third kappa shape index (κ3) is 8.68. The highest BCUT2D eigenvalue weighted by Gasteiger charge is 2.18. The number of nitrogens with zero attached hydrogens (tertiary/aromatic N) is 3. The second-order valence-corrected chi connectivity index (χ2v) is 8.70. The van der Waals surface area contributed by atoms with Gasteiger partial charge < -0.3 is 26.6 Å². The van der Waals surface area contributed by atoms with Gasteiger partial charge in [-0.2, -0.15) is 0 Å². The molecule has 0 unspecified atom stereocenters. The second kappa shape index (κ2) is 12.2. The fraction of sp³-hybridized carbons (Fsp3) is 0.455. The standard InChI is InChI=1S/C22H32ClN7O2/c1-30(2,14-12-27-22(32)18-20(24)29-21(25)19(23)28-18)13-8-4-7-11-26-17(31)15-16-9-5-3-6-10-16/h3,5-6,9-10H,4,7-8,11-15H2,1-2H3,(H5-,24,25,26,27,29,31,32)/p+1. The summed E-state index contributed by atoms with van der Waals surface area (Å²) in [5, 5.41) is 5.73. The number of carbonyl (C=O) groups is 2. The van der Waals surface area contributed by atoms with Gasteiger partial charge >= 0.3 is 0 Å². The number of nitrogen functional groups attached to an aromatic ring is 2. The number of hydrogen-bond donors (Lipinski definition) is 4. The topological polar surface area (TPSA) is 136 Å². The lowest BCUT2D eigenvalue weighted by Crippen LogP contribution is -2.46. The summed E-state index contributed by atoms with van der Waals surface area (Å²) in [6, 6.07) is 9.72. The van der Waals surface area contributed by atoms with Gasteiger partial charge in [-0.05, 0) is 24.8 Å². The van der Waals surface area contributed by atoms with Gasteiger partial charge in [0.1, 0.15) is 0 Å². The lowest BCUT2D eigenvalue weighted by atomic mass is 10.1. The molecule has 9 nitrogen and oxygen atoms in total. The lowest BCUT2D eigenvalue weighted by molar-refractivity contribution is -0.889. The first kappa shape index (κ1) is 25.4. The predicted octanol–water partition coefficient (Wildman–Crippen LogP) is 1.63. The van der Waals surface area contributed by atoms with Crippen LogP contribution in [0, 0.1) is 0 Å². The molecule has 1 aromatic heterocycles. The number of halogens is 1. The second-order valence-electron chi connectivity index (χ2n) is 8.35. The number of carbonyl (C=O) groups excluding carboxylic acids is 2. The minimum absolute atomic E-state index is 0.00530. The Balaban J connectivity index is 1.60. The molecule has 2 rings (SSSR count). The van der Waals surface area contributed by atoms with Crippen molar-refractivity contribution < 1.29 is 14.1 Å². The number of rotatable bonds is 12. The van der Waals surface area contributed by atoms with Crippen LogP contribution in [0.4, 0.5) is 11.6 Å². The maximum atomic E-state index is 12.3. The summed E-state index contributed by atoms with van der Waals surface area (Å²) in [5.41, 5.74) is 12.2. The van der Waals surface area contributed by atoms with Crippen LogP contribution in [0.5, 0.6) is 0 Å². The van der Waals surface area contributed by atoms with Crippen LogP contribution >= 0.6 is 11.6 Å². The Morgan fingerprint density at radius 3 is 2.38 bits per heavy atom. The number of benzene rings is 1. The van der Waals surface area contributed by atoms with E-state index in [1.165, 1.54) is 0 Å². The summed E-state index contributed by atoms with van der Waals surface area (Å²) in [4.78, 5) is 32.0. The van der Waals surface area contributed by atoms with E-state index < -0.39 is 5.91 Å². The average molecular weight is 463 g/mol. The highest BCUT2D eigenvalue weighted by atomic mass is 35.5. The summed E-state index contributed by atoms with van der Waals surface area (Å²) in [6.45, 7) is 2.85. The number of hydrogen-bond acceptors (Lipinski definition) is 6. The van der Waals surface area contributed by atoms with E-state index in [9.17, 15) is 9.59 Å². The summed E-state index contributed by atoms with van der Waals surface area (Å²) in [6.07, 6.45) is 3.40. The lowest BCUT2D eigenvalue weighted by Gasteiger charge is -2.30. The van der Waals surface area contributed by atoms with E-state index in [1.54, 1.807) is 0 Å². The molecule has 0 radical (unpaired) electrons. The predicted molar refractivity (Wildman–Crippen MR) is 127 cm³/mol. The zero-order valence-electron chi connectivity index (χ0n) is 18.7. The third-order valence-electron chi connectivity index (χ3n) is 5.09. The maximum Gasteiger partial charge on any atom is 0.273 e. The normalized spacial score (nSPS) is 11.2. The molecule has 0 saturated heterocycles. The van der Waals surface area contributed by atoms with E-state index in [0.29, 0.717) is 19.5 Å². The van der Waals surface area contributed by atoms with Crippen molar-refractivity contribution in [3.8, 4) is 0 Å². The molecular formula is C22H33ClN7O2+. The first-order chi connectivity index (χ1) is 15.2. The van der Waals surface area contributed by atoms with Crippen molar-refractivity contribution in [1.29, 1.82) is 0 Å². The van der Waals surface area contributed by atoms with Gasteiger partial charge in [0.25, 0.3) is 5.91 Å². The maximum absolute atomic E-state index is 12.3. The van der Waals surface area contributed by atoms with Crippen molar-refractivity contribution in [3.05, 3.63) is 46.7 Å². The number of nitrogens with one attached hydrogen (secondary N) is 2. The molecule has 2 aromatic rings. The fourth-order valence-electron chi connectivity index (χ4n) is 3.19. The largest absolute Gasteiger partial charge is 0.382 e.